The number of allylic oxidation sites excluding steroid dienone is 2. The van der Waals surface area contributed by atoms with Gasteiger partial charge in [-0.3, -0.25) is 19.7 Å². The number of nitrogens with one attached hydrogen (secondary N) is 1. The Hall–Kier alpha value is -2.74. The van der Waals surface area contributed by atoms with Crippen molar-refractivity contribution in [3.63, 3.8) is 0 Å². The zero-order valence-corrected chi connectivity index (χ0v) is 17.4. The topological polar surface area (TPSA) is 95.8 Å². The minimum Gasteiger partial charge on any atom is -0.379 e. The molecule has 1 saturated heterocycles. The van der Waals surface area contributed by atoms with Gasteiger partial charge in [0.25, 0.3) is 5.69 Å². The van der Waals surface area contributed by atoms with Crippen molar-refractivity contribution in [2.45, 2.75) is 26.7 Å². The molecule has 160 valence electrons. The van der Waals surface area contributed by atoms with Crippen LogP contribution in [0.25, 0.3) is 0 Å². The van der Waals surface area contributed by atoms with Crippen molar-refractivity contribution in [3.05, 3.63) is 40.5 Å². The second-order valence-corrected chi connectivity index (χ2v) is 8.28. The zero-order valence-electron chi connectivity index (χ0n) is 17.4. The monoisotopic (exact) mass is 412 g/mol. The van der Waals surface area contributed by atoms with E-state index >= 15 is 0 Å². The van der Waals surface area contributed by atoms with Crippen LogP contribution in [0.3, 0.4) is 0 Å². The number of anilines is 2. The maximum absolute atomic E-state index is 13.0. The number of rotatable bonds is 9. The number of imide groups is 1. The molecule has 1 N–H and O–H groups in total. The smallest absolute Gasteiger partial charge is 0.294 e. The van der Waals surface area contributed by atoms with Gasteiger partial charge in [0.1, 0.15) is 5.69 Å². The first-order valence-corrected chi connectivity index (χ1v) is 10.8. The van der Waals surface area contributed by atoms with E-state index in [1.54, 1.807) is 12.1 Å². The average molecular weight is 412 g/mol. The second kappa shape index (κ2) is 8.18. The van der Waals surface area contributed by atoms with Gasteiger partial charge in [-0.15, -0.1) is 0 Å². The van der Waals surface area contributed by atoms with Crippen molar-refractivity contribution in [1.82, 2.24) is 4.90 Å². The van der Waals surface area contributed by atoms with E-state index < -0.39 is 4.92 Å². The Balaban J connectivity index is 1.49. The number of benzene rings is 1. The molecule has 1 heterocycles. The maximum Gasteiger partial charge on any atom is 0.294 e. The lowest BCUT2D eigenvalue weighted by atomic mass is 9.85. The second-order valence-electron chi connectivity index (χ2n) is 8.28. The fraction of sp³-hybridized carbons (Fsp3) is 0.545. The molecule has 4 atom stereocenters. The van der Waals surface area contributed by atoms with E-state index in [1.165, 1.54) is 11.0 Å². The Kier molecular flexibility index (Phi) is 5.60. The van der Waals surface area contributed by atoms with Crippen molar-refractivity contribution in [2.75, 3.05) is 36.4 Å². The van der Waals surface area contributed by atoms with Crippen LogP contribution in [0.1, 0.15) is 26.7 Å². The Bertz CT molecular complexity index is 865. The largest absolute Gasteiger partial charge is 0.379 e. The molecule has 8 nitrogen and oxygen atoms in total. The summed E-state index contributed by atoms with van der Waals surface area (Å²) >= 11 is 0. The van der Waals surface area contributed by atoms with Crippen molar-refractivity contribution in [1.29, 1.82) is 0 Å². The molecule has 0 unspecified atom stereocenters. The highest BCUT2D eigenvalue weighted by molar-refractivity contribution is 6.23. The van der Waals surface area contributed by atoms with Crippen LogP contribution in [0.2, 0.25) is 0 Å². The third kappa shape index (κ3) is 3.39. The van der Waals surface area contributed by atoms with Gasteiger partial charge >= 0.3 is 0 Å². The van der Waals surface area contributed by atoms with Crippen molar-refractivity contribution in [3.8, 4) is 0 Å². The molecule has 2 amide bonds. The first-order valence-electron chi connectivity index (χ1n) is 10.8. The molecule has 3 aliphatic rings. The summed E-state index contributed by atoms with van der Waals surface area (Å²) in [5.41, 5.74) is 0.581. The zero-order chi connectivity index (χ0) is 21.4. The van der Waals surface area contributed by atoms with Gasteiger partial charge in [-0.25, -0.2) is 4.90 Å². The lowest BCUT2D eigenvalue weighted by Crippen LogP contribution is -2.32. The van der Waals surface area contributed by atoms with E-state index in [0.29, 0.717) is 17.9 Å². The Morgan fingerprint density at radius 1 is 1.13 bits per heavy atom. The van der Waals surface area contributed by atoms with Gasteiger partial charge in [-0.05, 0) is 56.4 Å². The summed E-state index contributed by atoms with van der Waals surface area (Å²) in [4.78, 5) is 40.6. The summed E-state index contributed by atoms with van der Waals surface area (Å²) in [6.45, 7) is 7.69. The van der Waals surface area contributed by atoms with E-state index in [2.05, 4.69) is 24.1 Å². The molecule has 8 heteroatoms. The van der Waals surface area contributed by atoms with Crippen LogP contribution in [-0.2, 0) is 9.59 Å². The van der Waals surface area contributed by atoms with Gasteiger partial charge in [0.2, 0.25) is 11.8 Å². The Morgan fingerprint density at radius 3 is 2.33 bits per heavy atom. The van der Waals surface area contributed by atoms with Crippen LogP contribution in [0.4, 0.5) is 17.1 Å². The molecular formula is C22H28N4O4. The number of nitrogens with zero attached hydrogens (tertiary/aromatic N) is 3. The van der Waals surface area contributed by atoms with E-state index in [1.807, 2.05) is 12.2 Å². The Labute approximate surface area is 176 Å². The Morgan fingerprint density at radius 2 is 1.77 bits per heavy atom. The molecular weight excluding hydrogens is 384 g/mol. The first kappa shape index (κ1) is 20.5. The highest BCUT2D eigenvalue weighted by atomic mass is 16.6. The number of nitro groups is 1. The van der Waals surface area contributed by atoms with Gasteiger partial charge in [-0.2, -0.15) is 0 Å². The predicted octanol–water partition coefficient (Wildman–Crippen LogP) is 3.05. The van der Waals surface area contributed by atoms with E-state index in [0.717, 1.165) is 32.5 Å². The molecule has 1 saturated carbocycles. The van der Waals surface area contributed by atoms with Gasteiger partial charge in [0.15, 0.2) is 0 Å². The maximum atomic E-state index is 13.0. The molecule has 4 rings (SSSR count). The number of hydrogen-bond donors (Lipinski definition) is 1. The number of carbonyl (C=O) groups excluding carboxylic acids is 2. The van der Waals surface area contributed by atoms with Gasteiger partial charge in [0, 0.05) is 12.6 Å². The van der Waals surface area contributed by atoms with Gasteiger partial charge in [-0.1, -0.05) is 26.0 Å². The highest BCUT2D eigenvalue weighted by Crippen LogP contribution is 2.53. The molecule has 2 aliphatic carbocycles. The number of carbonyl (C=O) groups is 2. The molecule has 0 radical (unpaired) electrons. The summed E-state index contributed by atoms with van der Waals surface area (Å²) in [6.07, 6.45) is 5.79. The van der Waals surface area contributed by atoms with Crippen molar-refractivity contribution >= 4 is 28.9 Å². The molecule has 1 aromatic rings. The SMILES string of the molecule is CCN(CC)CCCNc1ccc(N2C(=O)[C@H]3[C@H](C2=O)[C@H]2C=C[C@H]3C2)cc1[N+](=O)[O-]. The average Bonchev–Trinajstić information content (AvgIpc) is 3.42. The van der Waals surface area contributed by atoms with Crippen LogP contribution in [0, 0.1) is 33.8 Å². The third-order valence-electron chi connectivity index (χ3n) is 6.77. The number of nitro benzene ring substituents is 1. The standard InChI is InChI=1S/C22H28N4O4/c1-3-24(4-2)11-5-10-23-17-9-8-16(13-18(17)26(29)30)25-21(27)19-14-6-7-15(12-14)20(19)22(25)28/h6-9,13-15,19-20,23H,3-5,10-12H2,1-2H3/t14-,15-,19+,20+/m0/s1. The summed E-state index contributed by atoms with van der Waals surface area (Å²) < 4.78 is 0. The lowest BCUT2D eigenvalue weighted by Gasteiger charge is -2.19. The summed E-state index contributed by atoms with van der Waals surface area (Å²) in [5, 5.41) is 14.8. The lowest BCUT2D eigenvalue weighted by molar-refractivity contribution is -0.383. The molecule has 2 bridgehead atoms. The molecule has 1 aromatic carbocycles. The molecule has 0 aromatic heterocycles. The minimum atomic E-state index is -0.465. The van der Waals surface area contributed by atoms with Crippen LogP contribution >= 0.6 is 0 Å². The molecule has 30 heavy (non-hydrogen) atoms. The van der Waals surface area contributed by atoms with Crippen LogP contribution in [0.15, 0.2) is 30.4 Å². The fourth-order valence-electron chi connectivity index (χ4n) is 5.18. The van der Waals surface area contributed by atoms with E-state index in [9.17, 15) is 19.7 Å². The highest BCUT2D eigenvalue weighted by Gasteiger charge is 2.59. The normalized spacial score (nSPS) is 26.7. The van der Waals surface area contributed by atoms with Crippen LogP contribution < -0.4 is 10.2 Å². The van der Waals surface area contributed by atoms with Crippen molar-refractivity contribution in [2.24, 2.45) is 23.7 Å². The molecule has 0 spiro atoms. The van der Waals surface area contributed by atoms with Crippen LogP contribution in [-0.4, -0.2) is 47.8 Å². The fourth-order valence-corrected chi connectivity index (χ4v) is 5.18. The third-order valence-corrected chi connectivity index (χ3v) is 6.77. The first-order chi connectivity index (χ1) is 14.5. The molecule has 1 aliphatic heterocycles. The van der Waals surface area contributed by atoms with E-state index in [-0.39, 0.29) is 41.2 Å². The van der Waals surface area contributed by atoms with Gasteiger partial charge < -0.3 is 10.2 Å². The minimum absolute atomic E-state index is 0.114. The quantitative estimate of drug-likeness (QED) is 0.220. The van der Waals surface area contributed by atoms with E-state index in [4.69, 9.17) is 0 Å². The summed E-state index contributed by atoms with van der Waals surface area (Å²) in [6, 6.07) is 4.58. The molecule has 2 fully saturated rings. The van der Waals surface area contributed by atoms with Gasteiger partial charge in [0.05, 0.1) is 22.4 Å². The number of amides is 2. The summed E-state index contributed by atoms with van der Waals surface area (Å²) in [5.74, 6) is -0.854. The number of hydrogen-bond acceptors (Lipinski definition) is 6. The number of fused-ring (bicyclic) bond motifs is 5. The predicted molar refractivity (Wildman–Crippen MR) is 114 cm³/mol. The summed E-state index contributed by atoms with van der Waals surface area (Å²) in [7, 11) is 0. The van der Waals surface area contributed by atoms with Crippen molar-refractivity contribution < 1.29 is 14.5 Å². The van der Waals surface area contributed by atoms with Crippen LogP contribution in [0.5, 0.6) is 0 Å².